The lowest BCUT2D eigenvalue weighted by Crippen LogP contribution is -2.43. The van der Waals surface area contributed by atoms with E-state index in [4.69, 9.17) is 4.74 Å². The minimum absolute atomic E-state index is 0.155. The summed E-state index contributed by atoms with van der Waals surface area (Å²) < 4.78 is 4.78. The van der Waals surface area contributed by atoms with Gasteiger partial charge >= 0.3 is 5.97 Å². The molecule has 0 bridgehead atoms. The lowest BCUT2D eigenvalue weighted by atomic mass is 9.99. The summed E-state index contributed by atoms with van der Waals surface area (Å²) >= 11 is 0. The average Bonchev–Trinajstić information content (AvgIpc) is 2.39. The smallest absolute Gasteiger partial charge is 0.322 e. The molecule has 1 heterocycles. The molecule has 0 aromatic rings. The number of methoxy groups -OCH3 is 1. The highest BCUT2D eigenvalue weighted by Gasteiger charge is 2.23. The number of ether oxygens (including phenoxy) is 1. The van der Waals surface area contributed by atoms with Crippen LogP contribution in [0.5, 0.6) is 0 Å². The van der Waals surface area contributed by atoms with Crippen molar-refractivity contribution in [2.45, 2.75) is 51.1 Å². The summed E-state index contributed by atoms with van der Waals surface area (Å²) in [5, 5.41) is 3.02. The Bertz CT molecular complexity index is 233. The normalized spacial score (nSPS) is 23.4. The molecular formula is C13H26N2O2. The van der Waals surface area contributed by atoms with Crippen LogP contribution in [-0.4, -0.2) is 50.2 Å². The van der Waals surface area contributed by atoms with Gasteiger partial charge in [0.25, 0.3) is 0 Å². The average molecular weight is 242 g/mol. The summed E-state index contributed by atoms with van der Waals surface area (Å²) in [7, 11) is 3.26. The van der Waals surface area contributed by atoms with Gasteiger partial charge in [0.15, 0.2) is 0 Å². The summed E-state index contributed by atoms with van der Waals surface area (Å²) in [6, 6.07) is 0.540. The molecule has 17 heavy (non-hydrogen) atoms. The van der Waals surface area contributed by atoms with Crippen molar-refractivity contribution in [1.29, 1.82) is 0 Å². The van der Waals surface area contributed by atoms with E-state index in [9.17, 15) is 4.79 Å². The van der Waals surface area contributed by atoms with Crippen LogP contribution in [0.3, 0.4) is 0 Å². The number of carbonyl (C=O) groups excluding carboxylic acids is 1. The molecule has 100 valence electrons. The lowest BCUT2D eigenvalue weighted by Gasteiger charge is -2.35. The maximum absolute atomic E-state index is 11.5. The van der Waals surface area contributed by atoms with Crippen molar-refractivity contribution in [2.75, 3.05) is 27.2 Å². The zero-order chi connectivity index (χ0) is 12.7. The molecule has 0 amide bonds. The van der Waals surface area contributed by atoms with E-state index >= 15 is 0 Å². The fraction of sp³-hybridized carbons (Fsp3) is 0.923. The Labute approximate surface area is 105 Å². The zero-order valence-electron chi connectivity index (χ0n) is 11.4. The molecule has 1 fully saturated rings. The third kappa shape index (κ3) is 4.28. The predicted octanol–water partition coefficient (Wildman–Crippen LogP) is 1.40. The van der Waals surface area contributed by atoms with Gasteiger partial charge < -0.3 is 15.0 Å². The second kappa shape index (κ2) is 7.67. The first-order valence-electron chi connectivity index (χ1n) is 6.72. The first-order valence-corrected chi connectivity index (χ1v) is 6.72. The molecule has 1 rings (SSSR count). The van der Waals surface area contributed by atoms with Crippen molar-refractivity contribution in [1.82, 2.24) is 10.2 Å². The van der Waals surface area contributed by atoms with Gasteiger partial charge in [-0.2, -0.15) is 0 Å². The first kappa shape index (κ1) is 14.5. The number of likely N-dealkylation sites (N-methyl/N-ethyl adjacent to an activating group) is 1. The summed E-state index contributed by atoms with van der Waals surface area (Å²) in [5.41, 5.74) is 0. The molecule has 0 aliphatic carbocycles. The number of piperidine rings is 1. The maximum Gasteiger partial charge on any atom is 0.322 e. The zero-order valence-corrected chi connectivity index (χ0v) is 11.4. The van der Waals surface area contributed by atoms with Crippen LogP contribution in [-0.2, 0) is 9.53 Å². The summed E-state index contributed by atoms with van der Waals surface area (Å²) in [6.07, 6.45) is 5.99. The highest BCUT2D eigenvalue weighted by Crippen LogP contribution is 2.19. The van der Waals surface area contributed by atoms with E-state index < -0.39 is 0 Å². The standard InChI is InChI=1S/C13H26N2O2/c1-4-11-7-5-6-9-15(11)10-8-12(14-2)13(16)17-3/h11-12,14H,4-10H2,1-3H3. The predicted molar refractivity (Wildman–Crippen MR) is 69.0 cm³/mol. The van der Waals surface area contributed by atoms with Crippen molar-refractivity contribution in [3.63, 3.8) is 0 Å². The number of rotatable bonds is 6. The maximum atomic E-state index is 11.5. The van der Waals surface area contributed by atoms with Gasteiger partial charge in [0.1, 0.15) is 6.04 Å². The minimum atomic E-state index is -0.167. The fourth-order valence-corrected chi connectivity index (χ4v) is 2.63. The first-order chi connectivity index (χ1) is 8.22. The van der Waals surface area contributed by atoms with Crippen LogP contribution in [0, 0.1) is 0 Å². The molecule has 0 aromatic carbocycles. The van der Waals surface area contributed by atoms with E-state index in [1.807, 2.05) is 7.05 Å². The minimum Gasteiger partial charge on any atom is -0.468 e. The molecule has 1 N–H and O–H groups in total. The molecule has 0 saturated carbocycles. The van der Waals surface area contributed by atoms with Gasteiger partial charge in [-0.25, -0.2) is 0 Å². The second-order valence-electron chi connectivity index (χ2n) is 4.75. The molecule has 2 unspecified atom stereocenters. The molecule has 4 heteroatoms. The molecule has 0 aromatic heterocycles. The van der Waals surface area contributed by atoms with E-state index in [0.717, 1.165) is 13.0 Å². The Morgan fingerprint density at radius 2 is 2.29 bits per heavy atom. The number of esters is 1. The van der Waals surface area contributed by atoms with Crippen LogP contribution in [0.4, 0.5) is 0 Å². The largest absolute Gasteiger partial charge is 0.468 e. The Hall–Kier alpha value is -0.610. The van der Waals surface area contributed by atoms with Crippen molar-refractivity contribution in [2.24, 2.45) is 0 Å². The molecule has 0 radical (unpaired) electrons. The number of likely N-dealkylation sites (tertiary alicyclic amines) is 1. The SMILES string of the molecule is CCC1CCCCN1CCC(NC)C(=O)OC. The third-order valence-corrected chi connectivity index (χ3v) is 3.76. The monoisotopic (exact) mass is 242 g/mol. The van der Waals surface area contributed by atoms with E-state index in [1.54, 1.807) is 0 Å². The van der Waals surface area contributed by atoms with Gasteiger partial charge in [0.05, 0.1) is 7.11 Å². The van der Waals surface area contributed by atoms with Gasteiger partial charge in [-0.05, 0) is 39.3 Å². The molecule has 1 saturated heterocycles. The van der Waals surface area contributed by atoms with E-state index in [-0.39, 0.29) is 12.0 Å². The number of hydrogen-bond donors (Lipinski definition) is 1. The number of hydrogen-bond acceptors (Lipinski definition) is 4. The highest BCUT2D eigenvalue weighted by molar-refractivity contribution is 5.75. The van der Waals surface area contributed by atoms with Gasteiger partial charge in [-0.3, -0.25) is 4.79 Å². The van der Waals surface area contributed by atoms with Crippen LogP contribution < -0.4 is 5.32 Å². The Morgan fingerprint density at radius 3 is 2.88 bits per heavy atom. The summed E-state index contributed by atoms with van der Waals surface area (Å²) in [4.78, 5) is 14.0. The molecular weight excluding hydrogens is 216 g/mol. The molecule has 2 atom stereocenters. The fourth-order valence-electron chi connectivity index (χ4n) is 2.63. The number of carbonyl (C=O) groups is 1. The lowest BCUT2D eigenvalue weighted by molar-refractivity contribution is -0.143. The van der Waals surface area contributed by atoms with Crippen LogP contribution >= 0.6 is 0 Å². The Balaban J connectivity index is 2.38. The van der Waals surface area contributed by atoms with Crippen molar-refractivity contribution < 1.29 is 9.53 Å². The van der Waals surface area contributed by atoms with Crippen molar-refractivity contribution in [3.8, 4) is 0 Å². The summed E-state index contributed by atoms with van der Waals surface area (Å²) in [6.45, 7) is 4.41. The topological polar surface area (TPSA) is 41.6 Å². The Kier molecular flexibility index (Phi) is 6.52. The van der Waals surface area contributed by atoms with Gasteiger partial charge in [0.2, 0.25) is 0 Å². The van der Waals surface area contributed by atoms with Crippen LogP contribution in [0.1, 0.15) is 39.0 Å². The van der Waals surface area contributed by atoms with Crippen molar-refractivity contribution in [3.05, 3.63) is 0 Å². The van der Waals surface area contributed by atoms with E-state index in [2.05, 4.69) is 17.1 Å². The number of nitrogens with one attached hydrogen (secondary N) is 1. The second-order valence-corrected chi connectivity index (χ2v) is 4.75. The third-order valence-electron chi connectivity index (χ3n) is 3.76. The molecule has 1 aliphatic heterocycles. The van der Waals surface area contributed by atoms with E-state index in [1.165, 1.54) is 39.3 Å². The van der Waals surface area contributed by atoms with Gasteiger partial charge in [-0.1, -0.05) is 13.3 Å². The van der Waals surface area contributed by atoms with Crippen molar-refractivity contribution >= 4 is 5.97 Å². The van der Waals surface area contributed by atoms with Crippen LogP contribution in [0.25, 0.3) is 0 Å². The molecule has 1 aliphatic rings. The van der Waals surface area contributed by atoms with Gasteiger partial charge in [0, 0.05) is 12.6 Å². The van der Waals surface area contributed by atoms with Gasteiger partial charge in [-0.15, -0.1) is 0 Å². The highest BCUT2D eigenvalue weighted by atomic mass is 16.5. The quantitative estimate of drug-likeness (QED) is 0.715. The van der Waals surface area contributed by atoms with E-state index in [0.29, 0.717) is 6.04 Å². The summed E-state index contributed by atoms with van der Waals surface area (Å²) in [5.74, 6) is -0.155. The van der Waals surface area contributed by atoms with Crippen LogP contribution in [0.15, 0.2) is 0 Å². The number of nitrogens with zero attached hydrogens (tertiary/aromatic N) is 1. The van der Waals surface area contributed by atoms with Crippen LogP contribution in [0.2, 0.25) is 0 Å². The Morgan fingerprint density at radius 1 is 1.53 bits per heavy atom. The molecule has 4 nitrogen and oxygen atoms in total. The molecule has 0 spiro atoms.